The molecule has 0 spiro atoms. The lowest BCUT2D eigenvalue weighted by Crippen LogP contribution is -2.18. The van der Waals surface area contributed by atoms with Gasteiger partial charge in [0, 0.05) is 7.05 Å². The molecule has 1 aliphatic carbocycles. The summed E-state index contributed by atoms with van der Waals surface area (Å²) >= 11 is 0. The van der Waals surface area contributed by atoms with Crippen LogP contribution in [0.4, 0.5) is 0 Å². The molecule has 0 radical (unpaired) electrons. The summed E-state index contributed by atoms with van der Waals surface area (Å²) in [4.78, 5) is 19.1. The summed E-state index contributed by atoms with van der Waals surface area (Å²) in [5.41, 5.74) is 2.82. The third-order valence-corrected chi connectivity index (χ3v) is 3.95. The molecule has 1 fully saturated rings. The average Bonchev–Trinajstić information content (AvgIpc) is 2.98. The van der Waals surface area contributed by atoms with Gasteiger partial charge in [0.05, 0.1) is 22.9 Å². The zero-order chi connectivity index (χ0) is 12.6. The summed E-state index contributed by atoms with van der Waals surface area (Å²) in [6.07, 6.45) is 7.67. The van der Waals surface area contributed by atoms with E-state index in [9.17, 15) is 4.79 Å². The Hall–Kier alpha value is -1.93. The second-order valence-electron chi connectivity index (χ2n) is 5.00. The molecule has 3 rings (SSSR count). The molecule has 1 aromatic carbocycles. The third kappa shape index (κ3) is 1.57. The van der Waals surface area contributed by atoms with Gasteiger partial charge in [-0.25, -0.2) is 9.78 Å². The Kier molecular flexibility index (Phi) is 2.53. The fourth-order valence-electron chi connectivity index (χ4n) is 2.93. The first-order chi connectivity index (χ1) is 8.75. The molecule has 92 valence electrons. The van der Waals surface area contributed by atoms with Gasteiger partial charge in [-0.15, -0.1) is 0 Å². The quantitative estimate of drug-likeness (QED) is 0.599. The summed E-state index contributed by atoms with van der Waals surface area (Å²) < 4.78 is 1.99. The van der Waals surface area contributed by atoms with E-state index in [1.807, 2.05) is 23.7 Å². The first-order valence-corrected chi connectivity index (χ1v) is 6.26. The first kappa shape index (κ1) is 11.2. The molecule has 0 amide bonds. The molecule has 0 aliphatic heterocycles. The van der Waals surface area contributed by atoms with Crippen LogP contribution in [0.2, 0.25) is 0 Å². The number of carbonyl (C=O) groups excluding carboxylic acids is 1. The van der Waals surface area contributed by atoms with E-state index in [-0.39, 0.29) is 5.54 Å². The maximum Gasteiger partial charge on any atom is 0.235 e. The fourth-order valence-corrected chi connectivity index (χ4v) is 2.93. The van der Waals surface area contributed by atoms with Gasteiger partial charge in [-0.1, -0.05) is 18.9 Å². The Labute approximate surface area is 105 Å². The Morgan fingerprint density at radius 3 is 2.89 bits per heavy atom. The van der Waals surface area contributed by atoms with Crippen LogP contribution in [-0.2, 0) is 17.4 Å². The van der Waals surface area contributed by atoms with Crippen LogP contribution in [0, 0.1) is 0 Å². The van der Waals surface area contributed by atoms with Crippen LogP contribution in [0.15, 0.2) is 29.5 Å². The Balaban J connectivity index is 2.17. The van der Waals surface area contributed by atoms with Crippen molar-refractivity contribution in [2.24, 2.45) is 12.0 Å². The molecule has 2 aromatic rings. The van der Waals surface area contributed by atoms with E-state index in [1.54, 1.807) is 12.4 Å². The third-order valence-electron chi connectivity index (χ3n) is 3.95. The van der Waals surface area contributed by atoms with Crippen LogP contribution >= 0.6 is 0 Å². The standard InChI is InChI=1S/C14H15N3O/c1-17-9-15-12-5-4-11(8-13(12)17)14(16-10-18)6-2-3-7-14/h4-5,8-9H,2-3,6-7H2,1H3. The molecule has 0 saturated heterocycles. The lowest BCUT2D eigenvalue weighted by atomic mass is 9.89. The van der Waals surface area contributed by atoms with Crippen molar-refractivity contribution in [3.63, 3.8) is 0 Å². The summed E-state index contributed by atoms with van der Waals surface area (Å²) in [7, 11) is 1.98. The van der Waals surface area contributed by atoms with Gasteiger partial charge in [-0.2, -0.15) is 4.99 Å². The number of benzene rings is 1. The molecule has 1 aliphatic rings. The van der Waals surface area contributed by atoms with Crippen LogP contribution in [-0.4, -0.2) is 15.6 Å². The highest BCUT2D eigenvalue weighted by Gasteiger charge is 2.35. The number of imidazole rings is 1. The van der Waals surface area contributed by atoms with E-state index in [0.717, 1.165) is 42.3 Å². The largest absolute Gasteiger partial charge is 0.334 e. The van der Waals surface area contributed by atoms with E-state index in [2.05, 4.69) is 16.0 Å². The van der Waals surface area contributed by atoms with Crippen molar-refractivity contribution >= 4 is 17.1 Å². The average molecular weight is 241 g/mol. The van der Waals surface area contributed by atoms with Crippen molar-refractivity contribution in [1.82, 2.24) is 9.55 Å². The topological polar surface area (TPSA) is 47.2 Å². The highest BCUT2D eigenvalue weighted by molar-refractivity contribution is 5.76. The molecule has 1 heterocycles. The number of isocyanates is 1. The smallest absolute Gasteiger partial charge is 0.235 e. The van der Waals surface area contributed by atoms with Gasteiger partial charge >= 0.3 is 0 Å². The normalized spacial score (nSPS) is 17.8. The van der Waals surface area contributed by atoms with Crippen LogP contribution < -0.4 is 0 Å². The van der Waals surface area contributed by atoms with Gasteiger partial charge in [-0.05, 0) is 30.5 Å². The SMILES string of the molecule is Cn1cnc2ccc(C3(N=C=O)CCCC3)cc21. The number of aromatic nitrogens is 2. The number of rotatable bonds is 2. The molecule has 4 nitrogen and oxygen atoms in total. The fraction of sp³-hybridized carbons (Fsp3) is 0.429. The van der Waals surface area contributed by atoms with E-state index in [0.29, 0.717) is 0 Å². The first-order valence-electron chi connectivity index (χ1n) is 6.26. The lowest BCUT2D eigenvalue weighted by Gasteiger charge is -2.22. The summed E-state index contributed by atoms with van der Waals surface area (Å²) in [5.74, 6) is 0. The minimum absolute atomic E-state index is 0.347. The lowest BCUT2D eigenvalue weighted by molar-refractivity contribution is 0.456. The van der Waals surface area contributed by atoms with Crippen LogP contribution in [0.1, 0.15) is 31.2 Å². The summed E-state index contributed by atoms with van der Waals surface area (Å²) in [5, 5.41) is 0. The molecular weight excluding hydrogens is 226 g/mol. The maximum atomic E-state index is 10.7. The van der Waals surface area contributed by atoms with Crippen molar-refractivity contribution in [3.05, 3.63) is 30.1 Å². The minimum Gasteiger partial charge on any atom is -0.334 e. The van der Waals surface area contributed by atoms with E-state index in [1.165, 1.54) is 0 Å². The molecule has 0 N–H and O–H groups in total. The van der Waals surface area contributed by atoms with E-state index >= 15 is 0 Å². The second kappa shape index (κ2) is 4.07. The zero-order valence-corrected chi connectivity index (χ0v) is 10.4. The van der Waals surface area contributed by atoms with Crippen molar-refractivity contribution in [2.75, 3.05) is 0 Å². The van der Waals surface area contributed by atoms with Gasteiger partial charge in [0.15, 0.2) is 0 Å². The number of nitrogens with zero attached hydrogens (tertiary/aromatic N) is 3. The maximum absolute atomic E-state index is 10.7. The molecule has 0 bridgehead atoms. The number of hydrogen-bond acceptors (Lipinski definition) is 3. The Morgan fingerprint density at radius 1 is 1.39 bits per heavy atom. The summed E-state index contributed by atoms with van der Waals surface area (Å²) in [6, 6.07) is 6.15. The number of aryl methyl sites for hydroxylation is 1. The number of hydrogen-bond donors (Lipinski definition) is 0. The molecule has 0 unspecified atom stereocenters. The molecule has 1 saturated carbocycles. The molecule has 1 aromatic heterocycles. The van der Waals surface area contributed by atoms with E-state index < -0.39 is 0 Å². The van der Waals surface area contributed by atoms with Gasteiger partial charge in [-0.3, -0.25) is 0 Å². The molecular formula is C14H15N3O. The van der Waals surface area contributed by atoms with Crippen molar-refractivity contribution in [2.45, 2.75) is 31.2 Å². The summed E-state index contributed by atoms with van der Waals surface area (Å²) in [6.45, 7) is 0. The highest BCUT2D eigenvalue weighted by atomic mass is 16.1. The van der Waals surface area contributed by atoms with Crippen LogP contribution in [0.3, 0.4) is 0 Å². The van der Waals surface area contributed by atoms with Gasteiger partial charge in [0.2, 0.25) is 6.08 Å². The van der Waals surface area contributed by atoms with Crippen molar-refractivity contribution in [3.8, 4) is 0 Å². The highest BCUT2D eigenvalue weighted by Crippen LogP contribution is 2.42. The van der Waals surface area contributed by atoms with Crippen LogP contribution in [0.25, 0.3) is 11.0 Å². The van der Waals surface area contributed by atoms with Gasteiger partial charge in [0.1, 0.15) is 0 Å². The van der Waals surface area contributed by atoms with Crippen molar-refractivity contribution in [1.29, 1.82) is 0 Å². The molecule has 4 heteroatoms. The minimum atomic E-state index is -0.347. The van der Waals surface area contributed by atoms with Gasteiger partial charge < -0.3 is 4.57 Å². The predicted molar refractivity (Wildman–Crippen MR) is 69.0 cm³/mol. The van der Waals surface area contributed by atoms with Gasteiger partial charge in [0.25, 0.3) is 0 Å². The number of fused-ring (bicyclic) bond motifs is 1. The Morgan fingerprint density at radius 2 is 2.17 bits per heavy atom. The molecule has 18 heavy (non-hydrogen) atoms. The predicted octanol–water partition coefficient (Wildman–Crippen LogP) is 2.68. The Bertz CT molecular complexity index is 632. The zero-order valence-electron chi connectivity index (χ0n) is 10.4. The van der Waals surface area contributed by atoms with Crippen LogP contribution in [0.5, 0.6) is 0 Å². The number of aliphatic imine (C=N–C) groups is 1. The van der Waals surface area contributed by atoms with Crippen molar-refractivity contribution < 1.29 is 4.79 Å². The second-order valence-corrected chi connectivity index (χ2v) is 5.00. The molecule has 0 atom stereocenters. The van der Waals surface area contributed by atoms with E-state index in [4.69, 9.17) is 0 Å². The monoisotopic (exact) mass is 241 g/mol.